The van der Waals surface area contributed by atoms with E-state index in [1.165, 1.54) is 115 Å². The summed E-state index contributed by atoms with van der Waals surface area (Å²) in [6.45, 7) is 8.79. The zero-order valence-corrected chi connectivity index (χ0v) is 21.3. The summed E-state index contributed by atoms with van der Waals surface area (Å²) < 4.78 is 0.949. The minimum atomic E-state index is 0.280. The first-order valence-electron chi connectivity index (χ1n) is 13.9. The molecule has 1 rings (SSSR count). The van der Waals surface area contributed by atoms with Crippen molar-refractivity contribution in [3.05, 3.63) is 12.2 Å². The van der Waals surface area contributed by atoms with Crippen LogP contribution in [0.25, 0.3) is 0 Å². The van der Waals surface area contributed by atoms with Crippen molar-refractivity contribution in [2.45, 2.75) is 129 Å². The summed E-state index contributed by atoms with van der Waals surface area (Å²) in [4.78, 5) is 4.77. The Balaban J connectivity index is 1.84. The Morgan fingerprint density at radius 3 is 1.77 bits per heavy atom. The fourth-order valence-electron chi connectivity index (χ4n) is 4.96. The number of aliphatic hydroxyl groups is 1. The van der Waals surface area contributed by atoms with Crippen LogP contribution in [0.5, 0.6) is 0 Å². The number of hydrogen-bond donors (Lipinski definition) is 1. The van der Waals surface area contributed by atoms with Crippen LogP contribution in [0.15, 0.2) is 17.1 Å². The molecule has 0 fully saturated rings. The number of nitrogens with zero attached hydrogens (tertiary/aromatic N) is 2. The van der Waals surface area contributed by atoms with Crippen molar-refractivity contribution in [1.82, 2.24) is 0 Å². The minimum absolute atomic E-state index is 0.280. The summed E-state index contributed by atoms with van der Waals surface area (Å²) in [6.07, 6.45) is 29.4. The lowest BCUT2D eigenvalue weighted by molar-refractivity contribution is -0.835. The van der Waals surface area contributed by atoms with E-state index >= 15 is 0 Å². The Labute approximate surface area is 195 Å². The van der Waals surface area contributed by atoms with Crippen molar-refractivity contribution in [2.24, 2.45) is 4.99 Å². The molecule has 0 aromatic carbocycles. The average molecular weight is 436 g/mol. The van der Waals surface area contributed by atoms with E-state index in [9.17, 15) is 5.11 Å². The lowest BCUT2D eigenvalue weighted by Gasteiger charge is -2.33. The highest BCUT2D eigenvalue weighted by molar-refractivity contribution is 5.76. The van der Waals surface area contributed by atoms with Crippen molar-refractivity contribution in [3.8, 4) is 0 Å². The summed E-state index contributed by atoms with van der Waals surface area (Å²) in [5, 5.41) is 9.40. The lowest BCUT2D eigenvalue weighted by atomic mass is 10.0. The molecule has 1 heterocycles. The smallest absolute Gasteiger partial charge is 0.198 e. The monoisotopic (exact) mass is 435 g/mol. The number of quaternary nitrogens is 1. The quantitative estimate of drug-likeness (QED) is 0.105. The van der Waals surface area contributed by atoms with Crippen LogP contribution >= 0.6 is 0 Å². The Morgan fingerprint density at radius 2 is 1.26 bits per heavy atom. The fourth-order valence-corrected chi connectivity index (χ4v) is 4.96. The highest BCUT2D eigenvalue weighted by Crippen LogP contribution is 2.20. The molecule has 1 atom stereocenters. The van der Waals surface area contributed by atoms with Crippen LogP contribution < -0.4 is 0 Å². The lowest BCUT2D eigenvalue weighted by Crippen LogP contribution is -2.52. The van der Waals surface area contributed by atoms with E-state index in [2.05, 4.69) is 26.0 Å². The van der Waals surface area contributed by atoms with Gasteiger partial charge in [-0.05, 0) is 39.0 Å². The highest BCUT2D eigenvalue weighted by Gasteiger charge is 2.35. The van der Waals surface area contributed by atoms with Crippen molar-refractivity contribution >= 4 is 5.84 Å². The van der Waals surface area contributed by atoms with Gasteiger partial charge in [0.2, 0.25) is 0 Å². The van der Waals surface area contributed by atoms with Gasteiger partial charge in [0, 0.05) is 6.42 Å². The molecule has 0 aromatic rings. The van der Waals surface area contributed by atoms with E-state index in [1.54, 1.807) is 0 Å². The average Bonchev–Trinajstić information content (AvgIpc) is 3.18. The second-order valence-electron chi connectivity index (χ2n) is 9.68. The number of rotatable bonds is 22. The molecule has 31 heavy (non-hydrogen) atoms. The summed E-state index contributed by atoms with van der Waals surface area (Å²) in [7, 11) is 0. The molecule has 182 valence electrons. The Hall–Kier alpha value is -0.670. The molecule has 0 amide bonds. The molecule has 1 aliphatic heterocycles. The van der Waals surface area contributed by atoms with Crippen LogP contribution in [0.2, 0.25) is 0 Å². The first-order valence-corrected chi connectivity index (χ1v) is 13.9. The molecule has 3 heteroatoms. The molecule has 0 saturated heterocycles. The Bertz CT molecular complexity index is 460. The maximum absolute atomic E-state index is 9.40. The maximum atomic E-state index is 9.40. The van der Waals surface area contributed by atoms with Crippen LogP contribution in [0.1, 0.15) is 129 Å². The van der Waals surface area contributed by atoms with E-state index < -0.39 is 0 Å². The van der Waals surface area contributed by atoms with Gasteiger partial charge >= 0.3 is 0 Å². The molecular weight excluding hydrogens is 380 g/mol. The van der Waals surface area contributed by atoms with Crippen LogP contribution in [-0.2, 0) is 0 Å². The molecule has 0 saturated carbocycles. The van der Waals surface area contributed by atoms with Crippen molar-refractivity contribution < 1.29 is 9.59 Å². The second kappa shape index (κ2) is 20.0. The maximum Gasteiger partial charge on any atom is 0.198 e. The van der Waals surface area contributed by atoms with Gasteiger partial charge in [-0.25, -0.2) is 4.99 Å². The third-order valence-corrected chi connectivity index (χ3v) is 7.17. The molecule has 1 unspecified atom stereocenters. The molecule has 1 N–H and O–H groups in total. The predicted molar refractivity (Wildman–Crippen MR) is 138 cm³/mol. The van der Waals surface area contributed by atoms with E-state index in [0.717, 1.165) is 37.1 Å². The third-order valence-electron chi connectivity index (χ3n) is 7.17. The van der Waals surface area contributed by atoms with Gasteiger partial charge in [-0.1, -0.05) is 96.1 Å². The first-order chi connectivity index (χ1) is 15.3. The molecule has 0 aromatic heterocycles. The zero-order chi connectivity index (χ0) is 22.5. The van der Waals surface area contributed by atoms with Crippen molar-refractivity contribution in [2.75, 3.05) is 32.8 Å². The summed E-state index contributed by atoms with van der Waals surface area (Å²) in [6, 6.07) is 0. The number of allylic oxidation sites excluding steroid dienone is 2. The van der Waals surface area contributed by atoms with Crippen LogP contribution in [0.4, 0.5) is 0 Å². The first kappa shape index (κ1) is 28.4. The summed E-state index contributed by atoms with van der Waals surface area (Å²) in [5.74, 6) is 1.36. The van der Waals surface area contributed by atoms with Gasteiger partial charge in [-0.15, -0.1) is 0 Å². The van der Waals surface area contributed by atoms with Gasteiger partial charge in [0.15, 0.2) is 5.84 Å². The number of aliphatic imine (C=N–C) groups is 1. The molecule has 3 nitrogen and oxygen atoms in total. The molecule has 0 bridgehead atoms. The largest absolute Gasteiger partial charge is 0.390 e. The summed E-state index contributed by atoms with van der Waals surface area (Å²) in [5.41, 5.74) is 0. The van der Waals surface area contributed by atoms with Gasteiger partial charge in [0.25, 0.3) is 0 Å². The number of aliphatic hydroxyl groups excluding tert-OH is 1. The Kier molecular flexibility index (Phi) is 18.3. The topological polar surface area (TPSA) is 32.6 Å². The number of unbranched alkanes of at least 4 members (excludes halogenated alkanes) is 15. The van der Waals surface area contributed by atoms with Gasteiger partial charge in [0.05, 0.1) is 19.7 Å². The van der Waals surface area contributed by atoms with Crippen LogP contribution in [0, 0.1) is 0 Å². The SMILES string of the molecule is CCCCCCCC/C=C/CCCCCCCCCCCC1=NCC[N+]1(CC)CCO. The Morgan fingerprint density at radius 1 is 0.742 bits per heavy atom. The van der Waals surface area contributed by atoms with Gasteiger partial charge in [-0.2, -0.15) is 0 Å². The van der Waals surface area contributed by atoms with Crippen molar-refractivity contribution in [3.63, 3.8) is 0 Å². The molecular formula is C28H55N2O+. The van der Waals surface area contributed by atoms with E-state index in [4.69, 9.17) is 4.99 Å². The summed E-state index contributed by atoms with van der Waals surface area (Å²) >= 11 is 0. The van der Waals surface area contributed by atoms with E-state index in [0.29, 0.717) is 0 Å². The third kappa shape index (κ3) is 13.5. The second-order valence-corrected chi connectivity index (χ2v) is 9.68. The van der Waals surface area contributed by atoms with Crippen molar-refractivity contribution in [1.29, 1.82) is 0 Å². The van der Waals surface area contributed by atoms with Gasteiger partial charge < -0.3 is 5.11 Å². The molecule has 0 radical (unpaired) electrons. The normalized spacial score (nSPS) is 18.9. The fraction of sp³-hybridized carbons (Fsp3) is 0.893. The number of amidine groups is 1. The number of likely N-dealkylation sites (N-methyl/N-ethyl adjacent to an activating group) is 1. The van der Waals surface area contributed by atoms with Crippen LogP contribution in [0.3, 0.4) is 0 Å². The van der Waals surface area contributed by atoms with Crippen LogP contribution in [-0.4, -0.2) is 48.2 Å². The molecule has 1 aliphatic rings. The molecule has 0 spiro atoms. The highest BCUT2D eigenvalue weighted by atomic mass is 16.3. The number of hydrogen-bond acceptors (Lipinski definition) is 2. The van der Waals surface area contributed by atoms with Gasteiger partial charge in [-0.3, -0.25) is 4.48 Å². The zero-order valence-electron chi connectivity index (χ0n) is 21.3. The van der Waals surface area contributed by atoms with E-state index in [1.807, 2.05) is 0 Å². The predicted octanol–water partition coefficient (Wildman–Crippen LogP) is 7.83. The van der Waals surface area contributed by atoms with E-state index in [-0.39, 0.29) is 6.61 Å². The molecule has 0 aliphatic carbocycles. The standard InChI is InChI=1S/C28H55N2O/c1-3-5-6-7-8-9-10-11-12-13-14-15-16-17-18-19-20-21-22-23-28-29-24-25-30(28,4-2)26-27-31/h11-12,31H,3-10,13-27H2,1-2H3/q+1/b12-11+. The van der Waals surface area contributed by atoms with Gasteiger partial charge in [0.1, 0.15) is 13.1 Å². The minimum Gasteiger partial charge on any atom is -0.390 e.